The predicted molar refractivity (Wildman–Crippen MR) is 92.9 cm³/mol. The monoisotopic (exact) mass is 341 g/mol. The van der Waals surface area contributed by atoms with Gasteiger partial charge in [0.15, 0.2) is 0 Å². The van der Waals surface area contributed by atoms with Gasteiger partial charge in [-0.1, -0.05) is 23.7 Å². The third-order valence-corrected chi connectivity index (χ3v) is 4.60. The Balaban J connectivity index is 1.71. The Hall–Kier alpha value is -0.650. The van der Waals surface area contributed by atoms with Gasteiger partial charge in [-0.25, -0.2) is 0 Å². The van der Waals surface area contributed by atoms with Crippen molar-refractivity contribution >= 4 is 11.6 Å². The molecular formula is C18H28ClNO3. The first-order valence-corrected chi connectivity index (χ1v) is 8.72. The fraction of sp³-hybridized carbons (Fsp3) is 0.667. The lowest BCUT2D eigenvalue weighted by Crippen LogP contribution is -2.42. The van der Waals surface area contributed by atoms with E-state index in [0.29, 0.717) is 19.1 Å². The number of likely N-dealkylation sites (tertiary alicyclic amines) is 1. The van der Waals surface area contributed by atoms with E-state index >= 15 is 0 Å². The number of hydrogen-bond acceptors (Lipinski definition) is 4. The van der Waals surface area contributed by atoms with Crippen LogP contribution in [0, 0.1) is 5.92 Å². The van der Waals surface area contributed by atoms with Crippen molar-refractivity contribution in [3.8, 4) is 0 Å². The van der Waals surface area contributed by atoms with Gasteiger partial charge in [0.05, 0.1) is 25.4 Å². The average Bonchev–Trinajstić information content (AvgIpc) is 2.54. The lowest BCUT2D eigenvalue weighted by molar-refractivity contribution is -0.0227. The molecule has 1 aliphatic rings. The number of β-amino-alcohol motifs (C(OH)–C–C–N with tert-alkyl or cyclic N) is 1. The smallest absolute Gasteiger partial charge is 0.0900 e. The van der Waals surface area contributed by atoms with Crippen molar-refractivity contribution < 1.29 is 14.6 Å². The summed E-state index contributed by atoms with van der Waals surface area (Å²) in [6.07, 6.45) is 1.86. The summed E-state index contributed by atoms with van der Waals surface area (Å²) >= 11 is 5.89. The topological polar surface area (TPSA) is 41.9 Å². The molecule has 1 N–H and O–H groups in total. The molecule has 1 aromatic rings. The van der Waals surface area contributed by atoms with E-state index in [0.717, 1.165) is 30.3 Å². The number of nitrogens with zero attached hydrogens (tertiary/aromatic N) is 1. The van der Waals surface area contributed by atoms with Gasteiger partial charge < -0.3 is 19.5 Å². The van der Waals surface area contributed by atoms with E-state index in [1.807, 2.05) is 31.2 Å². The highest BCUT2D eigenvalue weighted by atomic mass is 35.5. The van der Waals surface area contributed by atoms with Crippen LogP contribution < -0.4 is 0 Å². The second-order valence-corrected chi connectivity index (χ2v) is 6.84. The highest BCUT2D eigenvalue weighted by Crippen LogP contribution is 2.20. The number of benzene rings is 1. The molecule has 1 fully saturated rings. The van der Waals surface area contributed by atoms with Gasteiger partial charge in [-0.05, 0) is 49.9 Å². The molecule has 0 amide bonds. The van der Waals surface area contributed by atoms with Crippen molar-refractivity contribution in [3.63, 3.8) is 0 Å². The molecule has 0 aromatic heterocycles. The normalized spacial score (nSPS) is 22.0. The highest BCUT2D eigenvalue weighted by Gasteiger charge is 2.22. The van der Waals surface area contributed by atoms with Crippen LogP contribution >= 0.6 is 11.6 Å². The number of halogens is 1. The molecular weight excluding hydrogens is 314 g/mol. The van der Waals surface area contributed by atoms with E-state index in [2.05, 4.69) is 4.90 Å². The number of methoxy groups -OCH3 is 1. The molecule has 1 aliphatic heterocycles. The van der Waals surface area contributed by atoms with Gasteiger partial charge in [0, 0.05) is 25.2 Å². The summed E-state index contributed by atoms with van der Waals surface area (Å²) in [5, 5.41) is 11.0. The van der Waals surface area contributed by atoms with Gasteiger partial charge in [-0.3, -0.25) is 0 Å². The summed E-state index contributed by atoms with van der Waals surface area (Å²) in [4.78, 5) is 2.31. The number of hydrogen-bond donors (Lipinski definition) is 1. The van der Waals surface area contributed by atoms with Gasteiger partial charge in [-0.2, -0.15) is 0 Å². The van der Waals surface area contributed by atoms with Crippen LogP contribution in [-0.2, 0) is 9.47 Å². The molecule has 2 rings (SSSR count). The first-order chi connectivity index (χ1) is 11.1. The molecule has 0 bridgehead atoms. The Kier molecular flexibility index (Phi) is 7.80. The molecule has 5 heteroatoms. The van der Waals surface area contributed by atoms with Crippen molar-refractivity contribution in [2.24, 2.45) is 5.92 Å². The Morgan fingerprint density at radius 2 is 2.09 bits per heavy atom. The summed E-state index contributed by atoms with van der Waals surface area (Å²) in [7, 11) is 1.75. The van der Waals surface area contributed by atoms with Crippen LogP contribution in [0.3, 0.4) is 0 Å². The Morgan fingerprint density at radius 3 is 2.78 bits per heavy atom. The molecule has 23 heavy (non-hydrogen) atoms. The van der Waals surface area contributed by atoms with E-state index in [1.165, 1.54) is 12.8 Å². The maximum absolute atomic E-state index is 10.2. The van der Waals surface area contributed by atoms with E-state index in [9.17, 15) is 5.11 Å². The molecule has 0 aliphatic carbocycles. The molecule has 0 spiro atoms. The van der Waals surface area contributed by atoms with Gasteiger partial charge in [0.1, 0.15) is 0 Å². The second kappa shape index (κ2) is 9.60. The summed E-state index contributed by atoms with van der Waals surface area (Å²) in [6, 6.07) is 7.63. The predicted octanol–water partition coefficient (Wildman–Crippen LogP) is 3.14. The molecule has 0 saturated carbocycles. The van der Waals surface area contributed by atoms with Crippen LogP contribution in [0.4, 0.5) is 0 Å². The van der Waals surface area contributed by atoms with Crippen LogP contribution in [0.5, 0.6) is 0 Å². The van der Waals surface area contributed by atoms with Crippen molar-refractivity contribution in [2.45, 2.75) is 32.0 Å². The maximum Gasteiger partial charge on any atom is 0.0900 e. The van der Waals surface area contributed by atoms with Crippen LogP contribution in [0.2, 0.25) is 5.02 Å². The SMILES string of the molecule is COCC1CCCN(CC(O)COC(C)c2ccc(Cl)cc2)C1. The number of aliphatic hydroxyl groups is 1. The van der Waals surface area contributed by atoms with E-state index < -0.39 is 6.10 Å². The molecule has 0 radical (unpaired) electrons. The number of ether oxygens (including phenoxy) is 2. The Bertz CT molecular complexity index is 452. The first kappa shape index (κ1) is 18.7. The number of piperidine rings is 1. The standard InChI is InChI=1S/C18H28ClNO3/c1-14(16-5-7-17(19)8-6-16)23-13-18(21)11-20-9-3-4-15(10-20)12-22-2/h5-8,14-15,18,21H,3-4,9-13H2,1-2H3. The fourth-order valence-electron chi connectivity index (χ4n) is 3.13. The molecule has 3 atom stereocenters. The van der Waals surface area contributed by atoms with Crippen LogP contribution in [0.25, 0.3) is 0 Å². The minimum absolute atomic E-state index is 0.0514. The van der Waals surface area contributed by atoms with Crippen molar-refractivity contribution in [2.75, 3.05) is 40.0 Å². The zero-order chi connectivity index (χ0) is 16.7. The molecule has 1 aromatic carbocycles. The van der Waals surface area contributed by atoms with E-state index in [-0.39, 0.29) is 6.10 Å². The minimum atomic E-state index is -0.467. The summed E-state index contributed by atoms with van der Waals surface area (Å²) in [6.45, 7) is 5.84. The third-order valence-electron chi connectivity index (χ3n) is 4.35. The third kappa shape index (κ3) is 6.40. The molecule has 1 heterocycles. The van der Waals surface area contributed by atoms with Crippen molar-refractivity contribution in [3.05, 3.63) is 34.9 Å². The van der Waals surface area contributed by atoms with Crippen molar-refractivity contribution in [1.82, 2.24) is 4.90 Å². The lowest BCUT2D eigenvalue weighted by atomic mass is 9.99. The quantitative estimate of drug-likeness (QED) is 0.788. The Morgan fingerprint density at radius 1 is 1.35 bits per heavy atom. The van der Waals surface area contributed by atoms with Gasteiger partial charge in [-0.15, -0.1) is 0 Å². The minimum Gasteiger partial charge on any atom is -0.389 e. The fourth-order valence-corrected chi connectivity index (χ4v) is 3.25. The average molecular weight is 342 g/mol. The number of rotatable bonds is 8. The largest absolute Gasteiger partial charge is 0.389 e. The van der Waals surface area contributed by atoms with Crippen LogP contribution in [0.1, 0.15) is 31.4 Å². The maximum atomic E-state index is 10.2. The zero-order valence-corrected chi connectivity index (χ0v) is 14.8. The van der Waals surface area contributed by atoms with Gasteiger partial charge in [0.2, 0.25) is 0 Å². The number of aliphatic hydroxyl groups excluding tert-OH is 1. The lowest BCUT2D eigenvalue weighted by Gasteiger charge is -2.33. The van der Waals surface area contributed by atoms with E-state index in [4.69, 9.17) is 21.1 Å². The second-order valence-electron chi connectivity index (χ2n) is 6.40. The van der Waals surface area contributed by atoms with Gasteiger partial charge >= 0.3 is 0 Å². The van der Waals surface area contributed by atoms with Crippen LogP contribution in [-0.4, -0.2) is 56.1 Å². The Labute approximate surface area is 144 Å². The van der Waals surface area contributed by atoms with Crippen molar-refractivity contribution in [1.29, 1.82) is 0 Å². The van der Waals surface area contributed by atoms with E-state index in [1.54, 1.807) is 7.11 Å². The summed E-state index contributed by atoms with van der Waals surface area (Å²) in [5.41, 5.74) is 1.07. The summed E-state index contributed by atoms with van der Waals surface area (Å²) < 4.78 is 11.0. The molecule has 1 saturated heterocycles. The summed E-state index contributed by atoms with van der Waals surface area (Å²) in [5.74, 6) is 0.579. The van der Waals surface area contributed by atoms with Gasteiger partial charge in [0.25, 0.3) is 0 Å². The molecule has 4 nitrogen and oxygen atoms in total. The molecule has 3 unspecified atom stereocenters. The highest BCUT2D eigenvalue weighted by molar-refractivity contribution is 6.30. The molecule has 130 valence electrons. The zero-order valence-electron chi connectivity index (χ0n) is 14.1. The van der Waals surface area contributed by atoms with Crippen LogP contribution in [0.15, 0.2) is 24.3 Å². The first-order valence-electron chi connectivity index (χ1n) is 8.35.